The third kappa shape index (κ3) is 4.06. The van der Waals surface area contributed by atoms with E-state index < -0.39 is 0 Å². The first-order chi connectivity index (χ1) is 11.5. The number of nitrogens with one attached hydrogen (secondary N) is 1. The average molecular weight is 362 g/mol. The number of amides is 1. The van der Waals surface area contributed by atoms with E-state index >= 15 is 0 Å². The minimum atomic E-state index is -0.362. The molecule has 2 heterocycles. The molecule has 0 bridgehead atoms. The summed E-state index contributed by atoms with van der Waals surface area (Å²) in [6.07, 6.45) is 3.05. The molecule has 0 radical (unpaired) electrons. The lowest BCUT2D eigenvalue weighted by molar-refractivity contribution is -0.116. The molecule has 24 heavy (non-hydrogen) atoms. The average Bonchev–Trinajstić information content (AvgIpc) is 3.10. The highest BCUT2D eigenvalue weighted by Gasteiger charge is 2.08. The molecule has 0 saturated heterocycles. The lowest BCUT2D eigenvalue weighted by Gasteiger charge is -1.93. The maximum Gasteiger partial charge on any atom is 0.250 e. The van der Waals surface area contributed by atoms with Gasteiger partial charge in [0.15, 0.2) is 5.82 Å². The number of carbonyl (C=O) groups is 2. The molecular formula is C16H12ClN3O3S. The third-order valence-electron chi connectivity index (χ3n) is 3.00. The van der Waals surface area contributed by atoms with Crippen LogP contribution in [0.25, 0.3) is 17.0 Å². The van der Waals surface area contributed by atoms with Crippen molar-refractivity contribution in [3.8, 4) is 0 Å². The van der Waals surface area contributed by atoms with Gasteiger partial charge in [-0.2, -0.15) is 4.37 Å². The summed E-state index contributed by atoms with van der Waals surface area (Å²) in [7, 11) is 0. The van der Waals surface area contributed by atoms with Gasteiger partial charge in [0.05, 0.1) is 6.42 Å². The second-order valence-electron chi connectivity index (χ2n) is 5.05. The maximum absolute atomic E-state index is 11.9. The molecule has 0 fully saturated rings. The van der Waals surface area contributed by atoms with Gasteiger partial charge in [-0.1, -0.05) is 11.6 Å². The Balaban J connectivity index is 1.65. The van der Waals surface area contributed by atoms with Crippen LogP contribution in [0.3, 0.4) is 0 Å². The Morgan fingerprint density at radius 3 is 3.00 bits per heavy atom. The Morgan fingerprint density at radius 1 is 1.38 bits per heavy atom. The number of Topliss-reactive ketones (excluding diaryl/α,β-unsaturated/α-hetero) is 1. The molecule has 1 amide bonds. The van der Waals surface area contributed by atoms with Crippen molar-refractivity contribution in [3.05, 3.63) is 46.9 Å². The molecule has 0 saturated carbocycles. The lowest BCUT2D eigenvalue weighted by Crippen LogP contribution is -2.07. The van der Waals surface area contributed by atoms with Gasteiger partial charge < -0.3 is 4.42 Å². The zero-order chi connectivity index (χ0) is 17.1. The summed E-state index contributed by atoms with van der Waals surface area (Å²) in [6, 6.07) is 7.09. The number of hydrogen-bond acceptors (Lipinski definition) is 6. The minimum absolute atomic E-state index is 0.0319. The molecule has 8 heteroatoms. The molecule has 0 unspecified atom stereocenters. The predicted octanol–water partition coefficient (Wildman–Crippen LogP) is 3.72. The number of furan rings is 1. The zero-order valence-electron chi connectivity index (χ0n) is 12.6. The molecule has 0 atom stereocenters. The first-order valence-corrected chi connectivity index (χ1v) is 8.15. The number of benzene rings is 1. The van der Waals surface area contributed by atoms with Crippen molar-refractivity contribution < 1.29 is 14.0 Å². The van der Waals surface area contributed by atoms with Crippen LogP contribution in [0.15, 0.2) is 34.8 Å². The fraction of sp³-hybridized carbons (Fsp3) is 0.125. The zero-order valence-corrected chi connectivity index (χ0v) is 14.1. The highest BCUT2D eigenvalue weighted by Crippen LogP contribution is 2.23. The molecule has 1 aromatic carbocycles. The van der Waals surface area contributed by atoms with E-state index in [-0.39, 0.29) is 18.1 Å². The largest absolute Gasteiger partial charge is 0.457 e. The van der Waals surface area contributed by atoms with Crippen LogP contribution in [0.1, 0.15) is 18.5 Å². The number of rotatable bonds is 5. The first kappa shape index (κ1) is 16.4. The Kier molecular flexibility index (Phi) is 4.73. The van der Waals surface area contributed by atoms with Gasteiger partial charge in [-0.25, -0.2) is 4.98 Å². The molecule has 1 N–H and O–H groups in total. The minimum Gasteiger partial charge on any atom is -0.457 e. The molecule has 2 aromatic heterocycles. The smallest absolute Gasteiger partial charge is 0.250 e. The lowest BCUT2D eigenvalue weighted by atomic mass is 10.2. The van der Waals surface area contributed by atoms with Gasteiger partial charge in [0, 0.05) is 28.0 Å². The second-order valence-corrected chi connectivity index (χ2v) is 6.24. The van der Waals surface area contributed by atoms with E-state index in [4.69, 9.17) is 16.0 Å². The van der Waals surface area contributed by atoms with Crippen molar-refractivity contribution in [2.45, 2.75) is 13.3 Å². The van der Waals surface area contributed by atoms with Crippen molar-refractivity contribution in [1.82, 2.24) is 9.36 Å². The molecule has 0 aliphatic rings. The standard InChI is InChI=1S/C16H12ClN3O3S/c1-9(21)6-14-18-16(24-20-14)19-15(22)5-3-12-8-10-7-11(17)2-4-13(10)23-12/h2-5,7-8H,6H2,1H3,(H,18,19,20,22). The Bertz CT molecular complexity index is 945. The highest BCUT2D eigenvalue weighted by molar-refractivity contribution is 7.09. The number of aromatic nitrogens is 2. The fourth-order valence-corrected chi connectivity index (χ4v) is 2.79. The topological polar surface area (TPSA) is 85.1 Å². The van der Waals surface area contributed by atoms with Gasteiger partial charge in [0.1, 0.15) is 17.1 Å². The molecule has 0 aliphatic carbocycles. The number of anilines is 1. The number of fused-ring (bicyclic) bond motifs is 1. The second kappa shape index (κ2) is 6.94. The van der Waals surface area contributed by atoms with Crippen LogP contribution in [0.4, 0.5) is 5.13 Å². The van der Waals surface area contributed by atoms with E-state index in [0.29, 0.717) is 27.3 Å². The Hall–Kier alpha value is -2.51. The number of carbonyl (C=O) groups excluding carboxylic acids is 2. The molecular weight excluding hydrogens is 350 g/mol. The maximum atomic E-state index is 11.9. The molecule has 0 aliphatic heterocycles. The van der Waals surface area contributed by atoms with Gasteiger partial charge in [-0.3, -0.25) is 14.9 Å². The molecule has 3 rings (SSSR count). The van der Waals surface area contributed by atoms with Gasteiger partial charge in [-0.15, -0.1) is 0 Å². The highest BCUT2D eigenvalue weighted by atomic mass is 35.5. The summed E-state index contributed by atoms with van der Waals surface area (Å²) in [4.78, 5) is 27.0. The van der Waals surface area contributed by atoms with E-state index in [1.807, 2.05) is 0 Å². The van der Waals surface area contributed by atoms with E-state index in [0.717, 1.165) is 16.9 Å². The van der Waals surface area contributed by atoms with E-state index in [9.17, 15) is 9.59 Å². The third-order valence-corrected chi connectivity index (χ3v) is 3.91. The molecule has 6 nitrogen and oxygen atoms in total. The summed E-state index contributed by atoms with van der Waals surface area (Å²) >= 11 is 6.95. The number of halogens is 1. The summed E-state index contributed by atoms with van der Waals surface area (Å²) in [5, 5.41) is 4.42. The van der Waals surface area contributed by atoms with Crippen molar-refractivity contribution in [2.75, 3.05) is 5.32 Å². The predicted molar refractivity (Wildman–Crippen MR) is 93.2 cm³/mol. The van der Waals surface area contributed by atoms with Crippen LogP contribution in [0.5, 0.6) is 0 Å². The molecule has 0 spiro atoms. The van der Waals surface area contributed by atoms with Crippen molar-refractivity contribution in [3.63, 3.8) is 0 Å². The summed E-state index contributed by atoms with van der Waals surface area (Å²) in [6.45, 7) is 1.46. The van der Waals surface area contributed by atoms with Gasteiger partial charge in [0.25, 0.3) is 0 Å². The number of hydrogen-bond donors (Lipinski definition) is 1. The van der Waals surface area contributed by atoms with Crippen molar-refractivity contribution in [2.24, 2.45) is 0 Å². The number of nitrogens with zero attached hydrogens (tertiary/aromatic N) is 2. The molecule has 3 aromatic rings. The summed E-state index contributed by atoms with van der Waals surface area (Å²) < 4.78 is 9.59. The normalized spacial score (nSPS) is 11.2. The van der Waals surface area contributed by atoms with E-state index in [1.165, 1.54) is 13.0 Å². The van der Waals surface area contributed by atoms with Crippen LogP contribution in [-0.2, 0) is 16.0 Å². The van der Waals surface area contributed by atoms with E-state index in [2.05, 4.69) is 14.7 Å². The Morgan fingerprint density at radius 2 is 2.21 bits per heavy atom. The van der Waals surface area contributed by atoms with Crippen LogP contribution in [0, 0.1) is 0 Å². The first-order valence-electron chi connectivity index (χ1n) is 7.00. The van der Waals surface area contributed by atoms with Crippen LogP contribution in [-0.4, -0.2) is 21.0 Å². The number of ketones is 1. The summed E-state index contributed by atoms with van der Waals surface area (Å²) in [5.74, 6) is 0.549. The van der Waals surface area contributed by atoms with Crippen LogP contribution >= 0.6 is 23.1 Å². The quantitative estimate of drug-likeness (QED) is 0.700. The molecule has 122 valence electrons. The van der Waals surface area contributed by atoms with Gasteiger partial charge >= 0.3 is 0 Å². The Labute approximate surface area is 146 Å². The monoisotopic (exact) mass is 361 g/mol. The van der Waals surface area contributed by atoms with Crippen molar-refractivity contribution >= 4 is 57.0 Å². The summed E-state index contributed by atoms with van der Waals surface area (Å²) in [5.41, 5.74) is 0.692. The van der Waals surface area contributed by atoms with Gasteiger partial charge in [0.2, 0.25) is 11.0 Å². The van der Waals surface area contributed by atoms with E-state index in [1.54, 1.807) is 30.3 Å². The van der Waals surface area contributed by atoms with Crippen molar-refractivity contribution in [1.29, 1.82) is 0 Å². The van der Waals surface area contributed by atoms with Gasteiger partial charge in [-0.05, 0) is 37.3 Å². The SMILES string of the molecule is CC(=O)Cc1nsc(NC(=O)C=Cc2cc3cc(Cl)ccc3o2)n1. The fourth-order valence-electron chi connectivity index (χ4n) is 2.02. The van der Waals surface area contributed by atoms with Crippen LogP contribution in [0.2, 0.25) is 5.02 Å². The van der Waals surface area contributed by atoms with Crippen LogP contribution < -0.4 is 5.32 Å².